The van der Waals surface area contributed by atoms with Crippen LogP contribution >= 0.6 is 23.2 Å². The number of hydrogen-bond donors (Lipinski definition) is 2. The van der Waals surface area contributed by atoms with Gasteiger partial charge in [0.05, 0.1) is 10.0 Å². The maximum absolute atomic E-state index is 13.4. The van der Waals surface area contributed by atoms with E-state index in [-0.39, 0.29) is 11.0 Å². The summed E-state index contributed by atoms with van der Waals surface area (Å²) >= 11 is 11.1. The van der Waals surface area contributed by atoms with E-state index in [1.165, 1.54) is 12.4 Å². The fourth-order valence-electron chi connectivity index (χ4n) is 1.22. The van der Waals surface area contributed by atoms with E-state index in [1.807, 2.05) is 0 Å². The Morgan fingerprint density at radius 3 is 2.67 bits per heavy atom. The maximum Gasteiger partial charge on any atom is 0.265 e. The Kier molecular flexibility index (Phi) is 3.47. The average Bonchev–Trinajstić information content (AvgIpc) is 2.77. The van der Waals surface area contributed by atoms with E-state index in [4.69, 9.17) is 23.2 Å². The van der Waals surface area contributed by atoms with E-state index in [2.05, 4.69) is 14.7 Å². The molecule has 0 saturated heterocycles. The molecule has 1 heterocycles. The SMILES string of the molecule is O=S(=O)(Nc1ncc[nH]1)c1ccc(Cl)c(F)c1Cl. The van der Waals surface area contributed by atoms with Crippen LogP contribution in [-0.2, 0) is 10.0 Å². The number of aromatic amines is 1. The van der Waals surface area contributed by atoms with E-state index in [9.17, 15) is 12.8 Å². The van der Waals surface area contributed by atoms with Gasteiger partial charge in [-0.05, 0) is 12.1 Å². The molecule has 1 aromatic heterocycles. The Morgan fingerprint density at radius 2 is 2.06 bits per heavy atom. The molecule has 0 aliphatic carbocycles. The lowest BCUT2D eigenvalue weighted by Gasteiger charge is -2.08. The van der Waals surface area contributed by atoms with Gasteiger partial charge in [-0.25, -0.2) is 22.5 Å². The Labute approximate surface area is 112 Å². The smallest absolute Gasteiger partial charge is 0.265 e. The Bertz CT molecular complexity index is 673. The van der Waals surface area contributed by atoms with Crippen LogP contribution in [0.4, 0.5) is 10.3 Å². The van der Waals surface area contributed by atoms with E-state index in [0.717, 1.165) is 12.1 Å². The fourth-order valence-corrected chi connectivity index (χ4v) is 2.94. The van der Waals surface area contributed by atoms with Crippen LogP contribution in [-0.4, -0.2) is 18.4 Å². The largest absolute Gasteiger partial charge is 0.330 e. The normalized spacial score (nSPS) is 11.5. The van der Waals surface area contributed by atoms with Gasteiger partial charge in [-0.1, -0.05) is 23.2 Å². The van der Waals surface area contributed by atoms with Crippen LogP contribution in [0, 0.1) is 5.82 Å². The van der Waals surface area contributed by atoms with E-state index >= 15 is 0 Å². The summed E-state index contributed by atoms with van der Waals surface area (Å²) in [6, 6.07) is 2.22. The van der Waals surface area contributed by atoms with Crippen molar-refractivity contribution in [3.63, 3.8) is 0 Å². The van der Waals surface area contributed by atoms with Gasteiger partial charge in [0.1, 0.15) is 4.90 Å². The third kappa shape index (κ3) is 2.43. The number of anilines is 1. The third-order valence-electron chi connectivity index (χ3n) is 2.02. The summed E-state index contributed by atoms with van der Waals surface area (Å²) in [6.07, 6.45) is 2.80. The molecule has 18 heavy (non-hydrogen) atoms. The highest BCUT2D eigenvalue weighted by Gasteiger charge is 2.22. The van der Waals surface area contributed by atoms with Crippen molar-refractivity contribution in [1.82, 2.24) is 9.97 Å². The topological polar surface area (TPSA) is 74.8 Å². The summed E-state index contributed by atoms with van der Waals surface area (Å²) in [4.78, 5) is 5.82. The lowest BCUT2D eigenvalue weighted by atomic mass is 10.3. The molecule has 0 aliphatic rings. The zero-order valence-electron chi connectivity index (χ0n) is 8.62. The van der Waals surface area contributed by atoms with Crippen molar-refractivity contribution in [3.05, 3.63) is 40.4 Å². The zero-order valence-corrected chi connectivity index (χ0v) is 10.9. The van der Waals surface area contributed by atoms with Crippen molar-refractivity contribution in [2.24, 2.45) is 0 Å². The molecule has 0 fully saturated rings. The Balaban J connectivity index is 2.45. The van der Waals surface area contributed by atoms with Gasteiger partial charge >= 0.3 is 0 Å². The summed E-state index contributed by atoms with van der Waals surface area (Å²) in [5.74, 6) is -0.984. The lowest BCUT2D eigenvalue weighted by molar-refractivity contribution is 0.595. The van der Waals surface area contributed by atoms with Crippen molar-refractivity contribution in [2.75, 3.05) is 4.72 Å². The van der Waals surface area contributed by atoms with Gasteiger partial charge in [-0.3, -0.25) is 0 Å². The van der Waals surface area contributed by atoms with Crippen LogP contribution in [0.2, 0.25) is 10.0 Å². The third-order valence-corrected chi connectivity index (χ3v) is 4.17. The number of hydrogen-bond acceptors (Lipinski definition) is 3. The molecular weight excluding hydrogens is 304 g/mol. The van der Waals surface area contributed by atoms with Crippen LogP contribution in [0.1, 0.15) is 0 Å². The van der Waals surface area contributed by atoms with Crippen molar-refractivity contribution in [1.29, 1.82) is 0 Å². The molecule has 0 atom stereocenters. The molecule has 0 saturated carbocycles. The lowest BCUT2D eigenvalue weighted by Crippen LogP contribution is -2.14. The Morgan fingerprint density at radius 1 is 1.33 bits per heavy atom. The molecule has 5 nitrogen and oxygen atoms in total. The van der Waals surface area contributed by atoms with E-state index in [0.29, 0.717) is 0 Å². The number of nitrogens with zero attached hydrogens (tertiary/aromatic N) is 1. The van der Waals surface area contributed by atoms with Crippen LogP contribution < -0.4 is 4.72 Å². The van der Waals surface area contributed by atoms with Crippen LogP contribution in [0.25, 0.3) is 0 Å². The minimum Gasteiger partial charge on any atom is -0.330 e. The van der Waals surface area contributed by atoms with Crippen molar-refractivity contribution in [2.45, 2.75) is 4.90 Å². The van der Waals surface area contributed by atoms with Gasteiger partial charge in [0.25, 0.3) is 10.0 Å². The highest BCUT2D eigenvalue weighted by Crippen LogP contribution is 2.30. The zero-order chi connectivity index (χ0) is 13.3. The van der Waals surface area contributed by atoms with Crippen LogP contribution in [0.15, 0.2) is 29.4 Å². The molecule has 0 bridgehead atoms. The molecule has 0 spiro atoms. The average molecular weight is 310 g/mol. The molecule has 2 N–H and O–H groups in total. The summed E-state index contributed by atoms with van der Waals surface area (Å²) in [6.45, 7) is 0. The number of rotatable bonds is 3. The summed E-state index contributed by atoms with van der Waals surface area (Å²) in [7, 11) is -4.03. The van der Waals surface area contributed by atoms with E-state index in [1.54, 1.807) is 0 Å². The van der Waals surface area contributed by atoms with Gasteiger partial charge in [0.15, 0.2) is 5.82 Å². The first kappa shape index (κ1) is 13.1. The second-order valence-corrected chi connectivity index (χ2v) is 5.65. The molecule has 0 aliphatic heterocycles. The fraction of sp³-hybridized carbons (Fsp3) is 0. The first-order chi connectivity index (χ1) is 8.42. The number of sulfonamides is 1. The molecule has 2 rings (SSSR count). The molecule has 0 amide bonds. The van der Waals surface area contributed by atoms with Gasteiger partial charge in [0.2, 0.25) is 5.95 Å². The summed E-state index contributed by atoms with van der Waals surface area (Å²) < 4.78 is 39.4. The molecule has 2 aromatic rings. The second-order valence-electron chi connectivity index (χ2n) is 3.22. The predicted octanol–water partition coefficient (Wildman–Crippen LogP) is 2.66. The first-order valence-electron chi connectivity index (χ1n) is 4.57. The molecule has 0 unspecified atom stereocenters. The van der Waals surface area contributed by atoms with Gasteiger partial charge in [-0.15, -0.1) is 0 Å². The van der Waals surface area contributed by atoms with Gasteiger partial charge in [-0.2, -0.15) is 0 Å². The molecular formula is C9H6Cl2FN3O2S. The first-order valence-corrected chi connectivity index (χ1v) is 6.81. The summed E-state index contributed by atoms with van der Waals surface area (Å²) in [5, 5.41) is -0.821. The predicted molar refractivity (Wildman–Crippen MR) is 65.8 cm³/mol. The highest BCUT2D eigenvalue weighted by atomic mass is 35.5. The number of halogens is 3. The minimum atomic E-state index is -4.03. The number of aromatic nitrogens is 2. The number of H-pyrrole nitrogens is 1. The Hall–Kier alpha value is -1.31. The van der Waals surface area contributed by atoms with E-state index < -0.39 is 25.8 Å². The maximum atomic E-state index is 13.4. The molecule has 1 aromatic carbocycles. The monoisotopic (exact) mass is 309 g/mol. The molecule has 96 valence electrons. The molecule has 9 heteroatoms. The quantitative estimate of drug-likeness (QED) is 0.856. The van der Waals surface area contributed by atoms with Gasteiger partial charge in [0, 0.05) is 12.4 Å². The standard InChI is InChI=1S/C9H6Cl2FN3O2S/c10-5-1-2-6(7(11)8(5)12)18(16,17)15-9-13-3-4-14-9/h1-4H,(H2,13,14,15). The van der Waals surface area contributed by atoms with Crippen molar-refractivity contribution >= 4 is 39.2 Å². The highest BCUT2D eigenvalue weighted by molar-refractivity contribution is 7.92. The van der Waals surface area contributed by atoms with Crippen LogP contribution in [0.5, 0.6) is 0 Å². The van der Waals surface area contributed by atoms with Crippen LogP contribution in [0.3, 0.4) is 0 Å². The minimum absolute atomic E-state index is 0.00132. The summed E-state index contributed by atoms with van der Waals surface area (Å²) in [5.41, 5.74) is 0. The van der Waals surface area contributed by atoms with Crippen molar-refractivity contribution < 1.29 is 12.8 Å². The van der Waals surface area contributed by atoms with Gasteiger partial charge < -0.3 is 4.98 Å². The number of imidazole rings is 1. The number of nitrogens with one attached hydrogen (secondary N) is 2. The number of benzene rings is 1. The van der Waals surface area contributed by atoms with Crippen molar-refractivity contribution in [3.8, 4) is 0 Å². The molecule has 0 radical (unpaired) electrons. The second kappa shape index (κ2) is 4.75.